The average molecular weight is 312 g/mol. The molecule has 3 atom stereocenters. The SMILES string of the molecule is CC1SCCSC1C(NN)c1cc2cc(F)ccc2o1. The van der Waals surface area contributed by atoms with E-state index in [9.17, 15) is 4.39 Å². The molecule has 108 valence electrons. The van der Waals surface area contributed by atoms with Crippen molar-refractivity contribution in [3.8, 4) is 0 Å². The molecule has 1 aromatic carbocycles. The molecule has 0 radical (unpaired) electrons. The maximum absolute atomic E-state index is 13.3. The quantitative estimate of drug-likeness (QED) is 0.672. The second-order valence-corrected chi connectivity index (χ2v) is 7.66. The summed E-state index contributed by atoms with van der Waals surface area (Å²) in [7, 11) is 0. The number of nitrogens with one attached hydrogen (secondary N) is 1. The zero-order chi connectivity index (χ0) is 14.1. The van der Waals surface area contributed by atoms with Gasteiger partial charge in [0.1, 0.15) is 17.2 Å². The van der Waals surface area contributed by atoms with Gasteiger partial charge in [0, 0.05) is 27.4 Å². The molecule has 3 unspecified atom stereocenters. The average Bonchev–Trinajstić information content (AvgIpc) is 2.84. The molecular weight excluding hydrogens is 295 g/mol. The fourth-order valence-electron chi connectivity index (χ4n) is 2.54. The Bertz CT molecular complexity index is 604. The van der Waals surface area contributed by atoms with E-state index in [0.29, 0.717) is 16.1 Å². The summed E-state index contributed by atoms with van der Waals surface area (Å²) in [6.45, 7) is 2.22. The third-order valence-corrected chi connectivity index (χ3v) is 6.74. The van der Waals surface area contributed by atoms with Gasteiger partial charge in [-0.15, -0.1) is 0 Å². The first-order valence-corrected chi connectivity index (χ1v) is 8.67. The van der Waals surface area contributed by atoms with Gasteiger partial charge in [-0.25, -0.2) is 9.82 Å². The molecule has 0 bridgehead atoms. The first kappa shape index (κ1) is 14.3. The van der Waals surface area contributed by atoms with Crippen LogP contribution in [0.5, 0.6) is 0 Å². The fourth-order valence-corrected chi connectivity index (χ4v) is 5.45. The van der Waals surface area contributed by atoms with Crippen LogP contribution in [0.4, 0.5) is 4.39 Å². The Hall–Kier alpha value is -0.690. The first-order chi connectivity index (χ1) is 9.69. The van der Waals surface area contributed by atoms with Crippen LogP contribution in [-0.4, -0.2) is 22.0 Å². The largest absolute Gasteiger partial charge is 0.459 e. The van der Waals surface area contributed by atoms with Gasteiger partial charge in [0.2, 0.25) is 0 Å². The third kappa shape index (κ3) is 2.70. The number of thioether (sulfide) groups is 2. The van der Waals surface area contributed by atoms with Gasteiger partial charge in [0.15, 0.2) is 0 Å². The van der Waals surface area contributed by atoms with Crippen LogP contribution in [0.15, 0.2) is 28.7 Å². The molecule has 2 heterocycles. The van der Waals surface area contributed by atoms with Crippen molar-refractivity contribution in [2.75, 3.05) is 11.5 Å². The zero-order valence-electron chi connectivity index (χ0n) is 11.1. The van der Waals surface area contributed by atoms with Gasteiger partial charge in [-0.05, 0) is 24.3 Å². The maximum atomic E-state index is 13.3. The van der Waals surface area contributed by atoms with Crippen molar-refractivity contribution in [1.82, 2.24) is 5.43 Å². The lowest BCUT2D eigenvalue weighted by Crippen LogP contribution is -2.40. The zero-order valence-corrected chi connectivity index (χ0v) is 12.8. The van der Waals surface area contributed by atoms with E-state index in [1.54, 1.807) is 6.07 Å². The van der Waals surface area contributed by atoms with Gasteiger partial charge in [-0.1, -0.05) is 6.92 Å². The number of rotatable bonds is 3. The molecule has 0 saturated carbocycles. The molecule has 20 heavy (non-hydrogen) atoms. The molecule has 0 amide bonds. The van der Waals surface area contributed by atoms with E-state index in [1.165, 1.54) is 17.9 Å². The van der Waals surface area contributed by atoms with Crippen LogP contribution in [-0.2, 0) is 0 Å². The van der Waals surface area contributed by atoms with Gasteiger partial charge in [0.05, 0.1) is 6.04 Å². The molecule has 1 aliphatic heterocycles. The molecule has 1 aromatic heterocycles. The maximum Gasteiger partial charge on any atom is 0.134 e. The summed E-state index contributed by atoms with van der Waals surface area (Å²) < 4.78 is 19.1. The van der Waals surface area contributed by atoms with E-state index >= 15 is 0 Å². The number of nitrogens with two attached hydrogens (primary N) is 1. The van der Waals surface area contributed by atoms with E-state index < -0.39 is 0 Å². The van der Waals surface area contributed by atoms with E-state index in [1.807, 2.05) is 29.6 Å². The molecule has 3 rings (SSSR count). The van der Waals surface area contributed by atoms with Crippen molar-refractivity contribution < 1.29 is 8.81 Å². The minimum atomic E-state index is -0.252. The van der Waals surface area contributed by atoms with Crippen molar-refractivity contribution in [3.05, 3.63) is 35.8 Å². The number of furan rings is 1. The van der Waals surface area contributed by atoms with Crippen LogP contribution in [0.3, 0.4) is 0 Å². The van der Waals surface area contributed by atoms with Gasteiger partial charge < -0.3 is 4.42 Å². The van der Waals surface area contributed by atoms with Crippen LogP contribution >= 0.6 is 23.5 Å². The number of halogens is 1. The van der Waals surface area contributed by atoms with Gasteiger partial charge in [0.25, 0.3) is 0 Å². The highest BCUT2D eigenvalue weighted by Gasteiger charge is 2.32. The molecule has 3 nitrogen and oxygen atoms in total. The predicted molar refractivity (Wildman–Crippen MR) is 84.4 cm³/mol. The molecule has 2 aromatic rings. The Labute approximate surface area is 125 Å². The molecule has 3 N–H and O–H groups in total. The lowest BCUT2D eigenvalue weighted by atomic mass is 10.1. The topological polar surface area (TPSA) is 51.2 Å². The standard InChI is InChI=1S/C14H17FN2OS2/c1-8-14(20-5-4-19-8)13(17-16)12-7-9-6-10(15)2-3-11(9)18-12/h2-3,6-8,13-14,17H,4-5,16H2,1H3. The predicted octanol–water partition coefficient (Wildman–Crippen LogP) is 3.31. The second kappa shape index (κ2) is 5.97. The monoisotopic (exact) mass is 312 g/mol. The van der Waals surface area contributed by atoms with E-state index in [0.717, 1.165) is 16.9 Å². The normalized spacial score (nSPS) is 24.9. The molecule has 6 heteroatoms. The summed E-state index contributed by atoms with van der Waals surface area (Å²) in [5.41, 5.74) is 3.57. The number of hydrazine groups is 1. The van der Waals surface area contributed by atoms with Gasteiger partial charge in [-0.3, -0.25) is 5.84 Å². The van der Waals surface area contributed by atoms with Crippen molar-refractivity contribution in [2.24, 2.45) is 5.84 Å². The lowest BCUT2D eigenvalue weighted by molar-refractivity contribution is 0.424. The Balaban J connectivity index is 1.94. The lowest BCUT2D eigenvalue weighted by Gasteiger charge is -2.32. The van der Waals surface area contributed by atoms with E-state index in [-0.39, 0.29) is 11.9 Å². The summed E-state index contributed by atoms with van der Waals surface area (Å²) >= 11 is 3.87. The van der Waals surface area contributed by atoms with Crippen LogP contribution in [0, 0.1) is 5.82 Å². The van der Waals surface area contributed by atoms with Crippen LogP contribution in [0.1, 0.15) is 18.7 Å². The van der Waals surface area contributed by atoms with E-state index in [4.69, 9.17) is 10.3 Å². The fraction of sp³-hybridized carbons (Fsp3) is 0.429. The Morgan fingerprint density at radius 1 is 1.35 bits per heavy atom. The second-order valence-electron chi connectivity index (χ2n) is 4.89. The highest BCUT2D eigenvalue weighted by molar-refractivity contribution is 8.07. The summed E-state index contributed by atoms with van der Waals surface area (Å²) in [6.07, 6.45) is 0. The third-order valence-electron chi connectivity index (χ3n) is 3.55. The number of benzene rings is 1. The number of hydrogen-bond donors (Lipinski definition) is 2. The smallest absolute Gasteiger partial charge is 0.134 e. The Kier molecular flexibility index (Phi) is 4.26. The van der Waals surface area contributed by atoms with Crippen molar-refractivity contribution in [3.63, 3.8) is 0 Å². The summed E-state index contributed by atoms with van der Waals surface area (Å²) in [6, 6.07) is 6.39. The Morgan fingerprint density at radius 3 is 2.90 bits per heavy atom. The highest BCUT2D eigenvalue weighted by Crippen LogP contribution is 2.39. The number of fused-ring (bicyclic) bond motifs is 1. The van der Waals surface area contributed by atoms with Gasteiger partial charge in [-0.2, -0.15) is 23.5 Å². The van der Waals surface area contributed by atoms with Crippen LogP contribution in [0.25, 0.3) is 11.0 Å². The Morgan fingerprint density at radius 2 is 2.15 bits per heavy atom. The van der Waals surface area contributed by atoms with Crippen LogP contribution < -0.4 is 11.3 Å². The van der Waals surface area contributed by atoms with Gasteiger partial charge >= 0.3 is 0 Å². The van der Waals surface area contributed by atoms with Crippen LogP contribution in [0.2, 0.25) is 0 Å². The van der Waals surface area contributed by atoms with Crippen molar-refractivity contribution >= 4 is 34.5 Å². The summed E-state index contributed by atoms with van der Waals surface area (Å²) in [4.78, 5) is 0. The minimum absolute atomic E-state index is 0.0572. The molecule has 0 spiro atoms. The molecular formula is C14H17FN2OS2. The minimum Gasteiger partial charge on any atom is -0.459 e. The summed E-state index contributed by atoms with van der Waals surface area (Å²) in [5, 5.41) is 1.63. The van der Waals surface area contributed by atoms with Crippen molar-refractivity contribution in [1.29, 1.82) is 0 Å². The molecule has 1 aliphatic rings. The number of hydrogen-bond acceptors (Lipinski definition) is 5. The first-order valence-electron chi connectivity index (χ1n) is 6.57. The molecule has 1 saturated heterocycles. The molecule has 0 aliphatic carbocycles. The van der Waals surface area contributed by atoms with E-state index in [2.05, 4.69) is 12.3 Å². The molecule has 1 fully saturated rings. The highest BCUT2D eigenvalue weighted by atomic mass is 32.2. The van der Waals surface area contributed by atoms with Crippen molar-refractivity contribution in [2.45, 2.75) is 23.5 Å². The summed E-state index contributed by atoms with van der Waals surface area (Å²) in [5.74, 6) is 8.56.